The van der Waals surface area contributed by atoms with Crippen LogP contribution in [0.2, 0.25) is 0 Å². The number of hydrogen-bond acceptors (Lipinski definition) is 3. The van der Waals surface area contributed by atoms with Crippen LogP contribution in [0.15, 0.2) is 121 Å². The molecule has 0 N–H and O–H groups in total. The van der Waals surface area contributed by atoms with E-state index < -0.39 is 23.2 Å². The van der Waals surface area contributed by atoms with E-state index in [4.69, 9.17) is 14.2 Å². The van der Waals surface area contributed by atoms with Crippen LogP contribution in [0.4, 0.5) is 13.2 Å². The average Bonchev–Trinajstić information content (AvgIpc) is 2.88. The summed E-state index contributed by atoms with van der Waals surface area (Å²) in [7, 11) is 0. The molecule has 0 heterocycles. The Balaban J connectivity index is 5.02. The first-order chi connectivity index (χ1) is 17.4. The van der Waals surface area contributed by atoms with Gasteiger partial charge in [-0.2, -0.15) is 4.39 Å². The molecular formula is C31H41F3O3. The zero-order valence-corrected chi connectivity index (χ0v) is 22.5. The molecule has 0 saturated heterocycles. The van der Waals surface area contributed by atoms with Crippen molar-refractivity contribution in [3.63, 3.8) is 0 Å². The first-order valence-electron chi connectivity index (χ1n) is 12.1. The fourth-order valence-electron chi connectivity index (χ4n) is 2.50. The molecule has 0 amide bonds. The quantitative estimate of drug-likeness (QED) is 0.0528. The zero-order valence-electron chi connectivity index (χ0n) is 22.5. The smallest absolute Gasteiger partial charge is 0.200 e. The van der Waals surface area contributed by atoms with E-state index in [-0.39, 0.29) is 41.1 Å². The third kappa shape index (κ3) is 13.1. The number of ether oxygens (including phenoxy) is 3. The molecule has 0 rings (SSSR count). The number of halogens is 3. The van der Waals surface area contributed by atoms with Gasteiger partial charge in [-0.05, 0) is 42.6 Å². The summed E-state index contributed by atoms with van der Waals surface area (Å²) in [5.41, 5.74) is 0.458. The molecule has 2 atom stereocenters. The molecule has 0 aliphatic rings. The Morgan fingerprint density at radius 3 is 2.00 bits per heavy atom. The first-order valence-corrected chi connectivity index (χ1v) is 12.1. The summed E-state index contributed by atoms with van der Waals surface area (Å²) in [6, 6.07) is 0. The van der Waals surface area contributed by atoms with Crippen molar-refractivity contribution < 1.29 is 27.4 Å². The monoisotopic (exact) mass is 518 g/mol. The average molecular weight is 519 g/mol. The molecule has 3 nitrogen and oxygen atoms in total. The predicted octanol–water partition coefficient (Wildman–Crippen LogP) is 9.25. The number of rotatable bonds is 20. The molecule has 204 valence electrons. The number of allylic oxidation sites excluding steroid dienone is 10. The summed E-state index contributed by atoms with van der Waals surface area (Å²) in [5.74, 6) is -3.79. The Kier molecular flexibility index (Phi) is 16.7. The van der Waals surface area contributed by atoms with Gasteiger partial charge < -0.3 is 14.2 Å². The molecule has 0 aromatic carbocycles. The van der Waals surface area contributed by atoms with E-state index in [1.54, 1.807) is 6.08 Å². The molecule has 0 saturated carbocycles. The molecule has 0 aromatic heterocycles. The highest BCUT2D eigenvalue weighted by molar-refractivity contribution is 5.53. The van der Waals surface area contributed by atoms with Crippen LogP contribution < -0.4 is 0 Å². The molecule has 0 aliphatic carbocycles. The van der Waals surface area contributed by atoms with Crippen LogP contribution >= 0.6 is 0 Å². The van der Waals surface area contributed by atoms with E-state index in [2.05, 4.69) is 53.0 Å². The van der Waals surface area contributed by atoms with Gasteiger partial charge in [0.15, 0.2) is 17.9 Å². The van der Waals surface area contributed by atoms with E-state index in [0.29, 0.717) is 25.2 Å². The molecule has 0 aliphatic heterocycles. The van der Waals surface area contributed by atoms with Gasteiger partial charge in [0.05, 0.1) is 13.2 Å². The van der Waals surface area contributed by atoms with Gasteiger partial charge >= 0.3 is 0 Å². The molecule has 37 heavy (non-hydrogen) atoms. The number of hydrogen-bond donors (Lipinski definition) is 0. The van der Waals surface area contributed by atoms with Crippen molar-refractivity contribution in [2.45, 2.75) is 46.3 Å². The fraction of sp³-hybridized carbons (Fsp3) is 0.355. The van der Waals surface area contributed by atoms with Gasteiger partial charge in [0.2, 0.25) is 5.83 Å². The van der Waals surface area contributed by atoms with Crippen molar-refractivity contribution in [1.29, 1.82) is 0 Å². The van der Waals surface area contributed by atoms with Gasteiger partial charge in [-0.3, -0.25) is 0 Å². The van der Waals surface area contributed by atoms with Gasteiger partial charge in [-0.25, -0.2) is 8.78 Å². The highest BCUT2D eigenvalue weighted by atomic mass is 19.2. The lowest BCUT2D eigenvalue weighted by atomic mass is 9.99. The van der Waals surface area contributed by atoms with Crippen LogP contribution in [0, 0.1) is 5.92 Å². The van der Waals surface area contributed by atoms with Crippen LogP contribution in [-0.2, 0) is 14.2 Å². The molecule has 0 fully saturated rings. The van der Waals surface area contributed by atoms with Gasteiger partial charge in [-0.15, -0.1) is 6.58 Å². The van der Waals surface area contributed by atoms with Crippen molar-refractivity contribution >= 4 is 0 Å². The van der Waals surface area contributed by atoms with Gasteiger partial charge in [-0.1, -0.05) is 78.0 Å². The van der Waals surface area contributed by atoms with E-state index in [9.17, 15) is 13.2 Å². The van der Waals surface area contributed by atoms with E-state index in [0.717, 1.165) is 12.8 Å². The summed E-state index contributed by atoms with van der Waals surface area (Å²) in [5, 5.41) is 0. The lowest BCUT2D eigenvalue weighted by molar-refractivity contribution is -0.135. The van der Waals surface area contributed by atoms with Gasteiger partial charge in [0.1, 0.15) is 5.83 Å². The SMILES string of the molecule is C=CCCOC(=C)/C(F)=C(/F)C(=C)C(=C)/C=C\C(=C)C(=C)/C(F)=C\C(=C)C(C)COC(C)OCCCC. The maximum absolute atomic E-state index is 14.7. The van der Waals surface area contributed by atoms with Crippen LogP contribution in [-0.4, -0.2) is 26.1 Å². The van der Waals surface area contributed by atoms with Crippen molar-refractivity contribution in [3.05, 3.63) is 121 Å². The third-order valence-electron chi connectivity index (χ3n) is 5.23. The summed E-state index contributed by atoms with van der Waals surface area (Å²) in [6.07, 6.45) is 7.64. The Morgan fingerprint density at radius 2 is 1.43 bits per heavy atom. The minimum atomic E-state index is -1.28. The normalized spacial score (nSPS) is 13.9. The molecule has 0 radical (unpaired) electrons. The van der Waals surface area contributed by atoms with Crippen molar-refractivity contribution in [1.82, 2.24) is 0 Å². The second-order valence-corrected chi connectivity index (χ2v) is 8.41. The Hall–Kier alpha value is -3.09. The molecule has 0 spiro atoms. The van der Waals surface area contributed by atoms with Gasteiger partial charge in [0.25, 0.3) is 0 Å². The Bertz CT molecular complexity index is 966. The highest BCUT2D eigenvalue weighted by Crippen LogP contribution is 2.28. The minimum Gasteiger partial charge on any atom is -0.491 e. The van der Waals surface area contributed by atoms with Crippen LogP contribution in [0.3, 0.4) is 0 Å². The van der Waals surface area contributed by atoms with Crippen LogP contribution in [0.1, 0.15) is 40.0 Å². The molecular weight excluding hydrogens is 477 g/mol. The summed E-state index contributed by atoms with van der Waals surface area (Å²) in [6.45, 7) is 32.2. The maximum atomic E-state index is 14.7. The maximum Gasteiger partial charge on any atom is 0.200 e. The Morgan fingerprint density at radius 1 is 0.838 bits per heavy atom. The van der Waals surface area contributed by atoms with Crippen LogP contribution in [0.25, 0.3) is 0 Å². The van der Waals surface area contributed by atoms with Crippen LogP contribution in [0.5, 0.6) is 0 Å². The van der Waals surface area contributed by atoms with Gasteiger partial charge in [0, 0.05) is 23.7 Å². The molecule has 6 heteroatoms. The van der Waals surface area contributed by atoms with Crippen molar-refractivity contribution in [2.75, 3.05) is 19.8 Å². The topological polar surface area (TPSA) is 27.7 Å². The van der Waals surface area contributed by atoms with E-state index in [1.807, 2.05) is 13.8 Å². The fourth-order valence-corrected chi connectivity index (χ4v) is 2.50. The van der Waals surface area contributed by atoms with Crippen molar-refractivity contribution in [3.8, 4) is 0 Å². The number of unbranched alkanes of at least 4 members (excludes halogenated alkanes) is 1. The molecule has 0 bridgehead atoms. The highest BCUT2D eigenvalue weighted by Gasteiger charge is 2.16. The molecule has 0 aromatic rings. The summed E-state index contributed by atoms with van der Waals surface area (Å²) >= 11 is 0. The Labute approximate surface area is 221 Å². The standard InChI is InChI=1S/C31H41F3O3/c1-11-13-17-35-27(9)31(34)30(33)26(8)22(4)16-15-21(3)25(7)29(32)19-23(5)24(6)20-37-28(10)36-18-14-12-2/h11,15-16,19,24,28H,1,3-5,7-9,12-14,17-18,20H2,2,6,10H3/b16-15-,29-19+,31-30-. The lowest BCUT2D eigenvalue weighted by Gasteiger charge is -2.18. The van der Waals surface area contributed by atoms with E-state index in [1.165, 1.54) is 18.2 Å². The molecule has 2 unspecified atom stereocenters. The first kappa shape index (κ1) is 33.9. The third-order valence-corrected chi connectivity index (χ3v) is 5.23. The predicted molar refractivity (Wildman–Crippen MR) is 149 cm³/mol. The second-order valence-electron chi connectivity index (χ2n) is 8.41. The summed E-state index contributed by atoms with van der Waals surface area (Å²) in [4.78, 5) is 0. The second kappa shape index (κ2) is 18.2. The zero-order chi connectivity index (χ0) is 28.5. The van der Waals surface area contributed by atoms with E-state index >= 15 is 0 Å². The summed E-state index contributed by atoms with van der Waals surface area (Å²) < 4.78 is 59.6. The van der Waals surface area contributed by atoms with Crippen molar-refractivity contribution in [2.24, 2.45) is 5.92 Å². The lowest BCUT2D eigenvalue weighted by Crippen LogP contribution is -2.18. The largest absolute Gasteiger partial charge is 0.491 e. The minimum absolute atomic E-state index is 0.00592.